The minimum atomic E-state index is 0.704. The van der Waals surface area contributed by atoms with Crippen LogP contribution in [0, 0.1) is 0 Å². The van der Waals surface area contributed by atoms with E-state index in [-0.39, 0.29) is 0 Å². The van der Waals surface area contributed by atoms with Gasteiger partial charge in [-0.05, 0) is 39.7 Å². The van der Waals surface area contributed by atoms with Crippen LogP contribution in [0.4, 0.5) is 0 Å². The number of nitrogens with zero attached hydrogens (tertiary/aromatic N) is 1. The van der Waals surface area contributed by atoms with Gasteiger partial charge in [-0.3, -0.25) is 4.90 Å². The van der Waals surface area contributed by atoms with Crippen LogP contribution in [0.1, 0.15) is 53.9 Å². The van der Waals surface area contributed by atoms with E-state index < -0.39 is 0 Å². The summed E-state index contributed by atoms with van der Waals surface area (Å²) < 4.78 is 0. The Bertz CT molecular complexity index is 95.2. The second kappa shape index (κ2) is 6.47. The summed E-state index contributed by atoms with van der Waals surface area (Å²) in [7, 11) is 0. The molecule has 74 valence electrons. The highest BCUT2D eigenvalue weighted by molar-refractivity contribution is 4.71. The minimum absolute atomic E-state index is 0.704. The summed E-state index contributed by atoms with van der Waals surface area (Å²) in [5.74, 6) is 0. The van der Waals surface area contributed by atoms with Crippen LogP contribution in [-0.2, 0) is 0 Å². The molecule has 12 heavy (non-hydrogen) atoms. The zero-order valence-electron chi connectivity index (χ0n) is 9.43. The van der Waals surface area contributed by atoms with Crippen LogP contribution in [0.15, 0.2) is 0 Å². The van der Waals surface area contributed by atoms with E-state index in [0.29, 0.717) is 6.04 Å². The first-order chi connectivity index (χ1) is 5.67. The standard InChI is InChI=1S/C11H25N/c1-6-9-12(10(4)5)11(7-2)8-3/h10-11H,6-9H2,1-5H3. The first kappa shape index (κ1) is 12.0. The molecule has 0 aromatic heterocycles. The summed E-state index contributed by atoms with van der Waals surface area (Å²) in [5.41, 5.74) is 0. The zero-order valence-corrected chi connectivity index (χ0v) is 9.43. The van der Waals surface area contributed by atoms with Crippen molar-refractivity contribution in [3.05, 3.63) is 0 Å². The van der Waals surface area contributed by atoms with Crippen molar-refractivity contribution in [1.82, 2.24) is 4.90 Å². The Kier molecular flexibility index (Phi) is 6.45. The van der Waals surface area contributed by atoms with Crippen molar-refractivity contribution >= 4 is 0 Å². The molecule has 0 fully saturated rings. The number of rotatable bonds is 6. The van der Waals surface area contributed by atoms with E-state index >= 15 is 0 Å². The fourth-order valence-corrected chi connectivity index (χ4v) is 1.88. The van der Waals surface area contributed by atoms with E-state index in [1.54, 1.807) is 0 Å². The van der Waals surface area contributed by atoms with E-state index in [9.17, 15) is 0 Å². The Balaban J connectivity index is 4.05. The number of hydrogen-bond acceptors (Lipinski definition) is 1. The van der Waals surface area contributed by atoms with E-state index in [4.69, 9.17) is 0 Å². The van der Waals surface area contributed by atoms with Crippen LogP contribution in [0.5, 0.6) is 0 Å². The number of hydrogen-bond donors (Lipinski definition) is 0. The van der Waals surface area contributed by atoms with E-state index in [2.05, 4.69) is 39.5 Å². The van der Waals surface area contributed by atoms with Gasteiger partial charge in [-0.25, -0.2) is 0 Å². The van der Waals surface area contributed by atoms with Gasteiger partial charge < -0.3 is 0 Å². The molecular weight excluding hydrogens is 146 g/mol. The molecule has 0 aliphatic rings. The molecule has 0 spiro atoms. The average molecular weight is 171 g/mol. The molecule has 0 unspecified atom stereocenters. The van der Waals surface area contributed by atoms with Crippen molar-refractivity contribution in [3.63, 3.8) is 0 Å². The van der Waals surface area contributed by atoms with Crippen molar-refractivity contribution in [2.45, 2.75) is 66.0 Å². The highest BCUT2D eigenvalue weighted by Crippen LogP contribution is 2.12. The van der Waals surface area contributed by atoms with Crippen LogP contribution in [0.3, 0.4) is 0 Å². The third kappa shape index (κ3) is 3.57. The van der Waals surface area contributed by atoms with Crippen molar-refractivity contribution in [2.24, 2.45) is 0 Å². The first-order valence-electron chi connectivity index (χ1n) is 5.43. The largest absolute Gasteiger partial charge is 0.298 e. The molecular formula is C11H25N. The van der Waals surface area contributed by atoms with Gasteiger partial charge in [0.15, 0.2) is 0 Å². The maximum atomic E-state index is 2.62. The van der Waals surface area contributed by atoms with Gasteiger partial charge in [-0.2, -0.15) is 0 Å². The summed E-state index contributed by atoms with van der Waals surface area (Å²) in [6, 6.07) is 1.50. The molecule has 0 heterocycles. The van der Waals surface area contributed by atoms with Gasteiger partial charge in [0.05, 0.1) is 0 Å². The molecule has 0 rings (SSSR count). The van der Waals surface area contributed by atoms with Gasteiger partial charge in [0, 0.05) is 12.1 Å². The van der Waals surface area contributed by atoms with Gasteiger partial charge in [-0.1, -0.05) is 20.8 Å². The van der Waals surface area contributed by atoms with E-state index in [0.717, 1.165) is 6.04 Å². The third-order valence-corrected chi connectivity index (χ3v) is 2.56. The zero-order chi connectivity index (χ0) is 9.56. The molecule has 0 aromatic rings. The van der Waals surface area contributed by atoms with Crippen molar-refractivity contribution in [1.29, 1.82) is 0 Å². The molecule has 0 bridgehead atoms. The van der Waals surface area contributed by atoms with Gasteiger partial charge in [0.25, 0.3) is 0 Å². The molecule has 0 saturated carbocycles. The topological polar surface area (TPSA) is 3.24 Å². The molecule has 0 saturated heterocycles. The summed E-state index contributed by atoms with van der Waals surface area (Å²) in [6.07, 6.45) is 3.85. The maximum Gasteiger partial charge on any atom is 0.00927 e. The van der Waals surface area contributed by atoms with Crippen molar-refractivity contribution in [3.8, 4) is 0 Å². The maximum absolute atomic E-state index is 2.62. The summed E-state index contributed by atoms with van der Waals surface area (Å²) in [5, 5.41) is 0. The summed E-state index contributed by atoms with van der Waals surface area (Å²) in [6.45, 7) is 12.7. The van der Waals surface area contributed by atoms with Crippen LogP contribution in [-0.4, -0.2) is 23.5 Å². The summed E-state index contributed by atoms with van der Waals surface area (Å²) >= 11 is 0. The molecule has 0 aromatic carbocycles. The SMILES string of the molecule is CCCN(C(C)C)C(CC)CC. The first-order valence-corrected chi connectivity index (χ1v) is 5.43. The minimum Gasteiger partial charge on any atom is -0.298 e. The van der Waals surface area contributed by atoms with Crippen LogP contribution >= 0.6 is 0 Å². The molecule has 0 aliphatic heterocycles. The highest BCUT2D eigenvalue weighted by Gasteiger charge is 2.16. The second-order valence-electron chi connectivity index (χ2n) is 3.80. The van der Waals surface area contributed by atoms with Crippen LogP contribution in [0.2, 0.25) is 0 Å². The van der Waals surface area contributed by atoms with E-state index in [1.807, 2.05) is 0 Å². The fraction of sp³-hybridized carbons (Fsp3) is 1.00. The van der Waals surface area contributed by atoms with Crippen LogP contribution in [0.25, 0.3) is 0 Å². The Labute approximate surface area is 78.1 Å². The van der Waals surface area contributed by atoms with E-state index in [1.165, 1.54) is 25.8 Å². The van der Waals surface area contributed by atoms with Gasteiger partial charge in [0.2, 0.25) is 0 Å². The Morgan fingerprint density at radius 2 is 1.50 bits per heavy atom. The van der Waals surface area contributed by atoms with Gasteiger partial charge in [-0.15, -0.1) is 0 Å². The van der Waals surface area contributed by atoms with Crippen molar-refractivity contribution < 1.29 is 0 Å². The lowest BCUT2D eigenvalue weighted by Gasteiger charge is -2.33. The lowest BCUT2D eigenvalue weighted by molar-refractivity contribution is 0.145. The monoisotopic (exact) mass is 171 g/mol. The van der Waals surface area contributed by atoms with Crippen LogP contribution < -0.4 is 0 Å². The Morgan fingerprint density at radius 3 is 1.75 bits per heavy atom. The smallest absolute Gasteiger partial charge is 0.00927 e. The molecule has 0 aliphatic carbocycles. The van der Waals surface area contributed by atoms with Crippen molar-refractivity contribution in [2.75, 3.05) is 6.54 Å². The third-order valence-electron chi connectivity index (χ3n) is 2.56. The Hall–Kier alpha value is -0.0400. The average Bonchev–Trinajstić information content (AvgIpc) is 2.05. The molecule has 0 N–H and O–H groups in total. The second-order valence-corrected chi connectivity index (χ2v) is 3.80. The fourth-order valence-electron chi connectivity index (χ4n) is 1.88. The lowest BCUT2D eigenvalue weighted by Crippen LogP contribution is -2.40. The summed E-state index contributed by atoms with van der Waals surface area (Å²) in [4.78, 5) is 2.62. The van der Waals surface area contributed by atoms with Gasteiger partial charge >= 0.3 is 0 Å². The molecule has 1 heteroatoms. The normalized spacial score (nSPS) is 12.0. The lowest BCUT2D eigenvalue weighted by atomic mass is 10.1. The predicted octanol–water partition coefficient (Wildman–Crippen LogP) is 3.30. The molecule has 0 radical (unpaired) electrons. The molecule has 0 atom stereocenters. The molecule has 0 amide bonds. The van der Waals surface area contributed by atoms with Gasteiger partial charge in [0.1, 0.15) is 0 Å². The predicted molar refractivity (Wildman–Crippen MR) is 56.5 cm³/mol. The molecule has 1 nitrogen and oxygen atoms in total. The Morgan fingerprint density at radius 1 is 1.00 bits per heavy atom. The highest BCUT2D eigenvalue weighted by atomic mass is 15.2. The quantitative estimate of drug-likeness (QED) is 0.592.